The highest BCUT2D eigenvalue weighted by atomic mass is 32.2. The molecule has 0 unspecified atom stereocenters. The van der Waals surface area contributed by atoms with Crippen molar-refractivity contribution >= 4 is 16.3 Å². The lowest BCUT2D eigenvalue weighted by Gasteiger charge is -2.36. The van der Waals surface area contributed by atoms with Crippen molar-refractivity contribution in [2.75, 3.05) is 19.7 Å². The molecule has 0 heterocycles. The first-order chi connectivity index (χ1) is 8.93. The SMILES string of the molecule is CCOC(=O)NS(=O)(=O)NCC1(CN)CCCCC1. The van der Waals surface area contributed by atoms with Gasteiger partial charge in [-0.2, -0.15) is 13.1 Å². The number of rotatable bonds is 6. The monoisotopic (exact) mass is 293 g/mol. The predicted octanol–water partition coefficient (Wildman–Crippen LogP) is 0.476. The highest BCUT2D eigenvalue weighted by Crippen LogP contribution is 2.34. The molecule has 1 amide bonds. The summed E-state index contributed by atoms with van der Waals surface area (Å²) in [7, 11) is -3.88. The van der Waals surface area contributed by atoms with Crippen LogP contribution in [-0.2, 0) is 14.9 Å². The zero-order valence-electron chi connectivity index (χ0n) is 11.3. The van der Waals surface area contributed by atoms with E-state index in [4.69, 9.17) is 5.73 Å². The largest absolute Gasteiger partial charge is 0.449 e. The van der Waals surface area contributed by atoms with Crippen LogP contribution in [0.2, 0.25) is 0 Å². The van der Waals surface area contributed by atoms with Gasteiger partial charge in [0, 0.05) is 6.54 Å². The molecule has 1 aliphatic carbocycles. The molecule has 1 aliphatic rings. The van der Waals surface area contributed by atoms with Gasteiger partial charge in [-0.25, -0.2) is 9.52 Å². The maximum Gasteiger partial charge on any atom is 0.421 e. The van der Waals surface area contributed by atoms with E-state index in [-0.39, 0.29) is 18.6 Å². The van der Waals surface area contributed by atoms with E-state index in [0.717, 1.165) is 32.1 Å². The van der Waals surface area contributed by atoms with Crippen LogP contribution in [-0.4, -0.2) is 34.2 Å². The number of carbonyl (C=O) groups is 1. The van der Waals surface area contributed by atoms with Gasteiger partial charge in [0.05, 0.1) is 6.61 Å². The first kappa shape index (κ1) is 16.2. The van der Waals surface area contributed by atoms with Crippen LogP contribution in [0, 0.1) is 5.41 Å². The summed E-state index contributed by atoms with van der Waals surface area (Å²) in [6.07, 6.45) is 4.13. The molecule has 112 valence electrons. The molecule has 0 aromatic heterocycles. The lowest BCUT2D eigenvalue weighted by atomic mass is 9.74. The first-order valence-corrected chi connectivity index (χ1v) is 8.05. The van der Waals surface area contributed by atoms with E-state index in [0.29, 0.717) is 6.54 Å². The summed E-state index contributed by atoms with van der Waals surface area (Å²) >= 11 is 0. The summed E-state index contributed by atoms with van der Waals surface area (Å²) in [6, 6.07) is 0. The van der Waals surface area contributed by atoms with Crippen LogP contribution < -0.4 is 15.2 Å². The van der Waals surface area contributed by atoms with Crippen molar-refractivity contribution in [3.8, 4) is 0 Å². The fourth-order valence-corrected chi connectivity index (χ4v) is 3.16. The molecule has 0 radical (unpaired) electrons. The van der Waals surface area contributed by atoms with E-state index in [2.05, 4.69) is 9.46 Å². The van der Waals surface area contributed by atoms with E-state index < -0.39 is 16.3 Å². The quantitative estimate of drug-likeness (QED) is 0.659. The van der Waals surface area contributed by atoms with Crippen LogP contribution in [0.15, 0.2) is 0 Å². The highest BCUT2D eigenvalue weighted by molar-refractivity contribution is 7.88. The van der Waals surface area contributed by atoms with Gasteiger partial charge in [-0.15, -0.1) is 0 Å². The smallest absolute Gasteiger partial charge is 0.421 e. The molecule has 1 fully saturated rings. The van der Waals surface area contributed by atoms with Crippen molar-refractivity contribution < 1.29 is 17.9 Å². The number of nitrogens with one attached hydrogen (secondary N) is 2. The van der Waals surface area contributed by atoms with Gasteiger partial charge in [-0.1, -0.05) is 19.3 Å². The number of hydrogen-bond donors (Lipinski definition) is 3. The average Bonchev–Trinajstić information content (AvgIpc) is 2.37. The van der Waals surface area contributed by atoms with Crippen LogP contribution >= 0.6 is 0 Å². The molecule has 0 aromatic rings. The Balaban J connectivity index is 2.51. The van der Waals surface area contributed by atoms with Crippen molar-refractivity contribution in [1.29, 1.82) is 0 Å². The molecule has 0 atom stereocenters. The molecular formula is C11H23N3O4S. The molecule has 0 bridgehead atoms. The average molecular weight is 293 g/mol. The van der Waals surface area contributed by atoms with Gasteiger partial charge in [0.1, 0.15) is 0 Å². The molecule has 0 aliphatic heterocycles. The summed E-state index contributed by atoms with van der Waals surface area (Å²) in [6.45, 7) is 2.41. The Hall–Kier alpha value is -0.860. The summed E-state index contributed by atoms with van der Waals surface area (Å²) in [5, 5.41) is 0. The predicted molar refractivity (Wildman–Crippen MR) is 71.7 cm³/mol. The maximum atomic E-state index is 11.7. The van der Waals surface area contributed by atoms with E-state index >= 15 is 0 Å². The van der Waals surface area contributed by atoms with Crippen molar-refractivity contribution in [2.45, 2.75) is 39.0 Å². The van der Waals surface area contributed by atoms with Crippen molar-refractivity contribution in [1.82, 2.24) is 9.44 Å². The Bertz CT molecular complexity index is 391. The summed E-state index contributed by atoms with van der Waals surface area (Å²) in [4.78, 5) is 11.1. The molecule has 0 saturated heterocycles. The Kier molecular flexibility index (Phi) is 6.02. The van der Waals surface area contributed by atoms with Crippen molar-refractivity contribution in [2.24, 2.45) is 11.1 Å². The lowest BCUT2D eigenvalue weighted by Crippen LogP contribution is -2.48. The second-order valence-corrected chi connectivity index (χ2v) is 6.41. The van der Waals surface area contributed by atoms with Crippen molar-refractivity contribution in [3.63, 3.8) is 0 Å². The highest BCUT2D eigenvalue weighted by Gasteiger charge is 2.32. The number of carbonyl (C=O) groups excluding carboxylic acids is 1. The van der Waals surface area contributed by atoms with Gasteiger partial charge >= 0.3 is 16.3 Å². The zero-order chi connectivity index (χ0) is 14.4. The Labute approximate surface area is 114 Å². The van der Waals surface area contributed by atoms with Gasteiger partial charge in [-0.3, -0.25) is 0 Å². The number of hydrogen-bond acceptors (Lipinski definition) is 5. The van der Waals surface area contributed by atoms with E-state index in [1.165, 1.54) is 0 Å². The minimum atomic E-state index is -3.88. The van der Waals surface area contributed by atoms with Crippen LogP contribution in [0.4, 0.5) is 4.79 Å². The van der Waals surface area contributed by atoms with E-state index in [1.54, 1.807) is 11.6 Å². The maximum absolute atomic E-state index is 11.7. The van der Waals surface area contributed by atoms with Gasteiger partial charge < -0.3 is 10.5 Å². The molecule has 0 aromatic carbocycles. The molecular weight excluding hydrogens is 270 g/mol. The van der Waals surface area contributed by atoms with E-state index in [9.17, 15) is 13.2 Å². The minimum Gasteiger partial charge on any atom is -0.449 e. The van der Waals surface area contributed by atoms with Crippen LogP contribution in [0.25, 0.3) is 0 Å². The molecule has 4 N–H and O–H groups in total. The minimum absolute atomic E-state index is 0.119. The van der Waals surface area contributed by atoms with Crippen LogP contribution in [0.5, 0.6) is 0 Å². The van der Waals surface area contributed by atoms with Gasteiger partial charge in [0.2, 0.25) is 0 Å². The Morgan fingerprint density at radius 3 is 2.47 bits per heavy atom. The lowest BCUT2D eigenvalue weighted by molar-refractivity contribution is 0.158. The Morgan fingerprint density at radius 2 is 1.95 bits per heavy atom. The third kappa shape index (κ3) is 5.33. The number of amides is 1. The van der Waals surface area contributed by atoms with Crippen LogP contribution in [0.1, 0.15) is 39.0 Å². The normalized spacial score (nSPS) is 18.8. The molecule has 7 nitrogen and oxygen atoms in total. The second kappa shape index (κ2) is 7.06. The number of ether oxygens (including phenoxy) is 1. The first-order valence-electron chi connectivity index (χ1n) is 6.57. The van der Waals surface area contributed by atoms with Gasteiger partial charge in [0.15, 0.2) is 0 Å². The van der Waals surface area contributed by atoms with Gasteiger partial charge in [0.25, 0.3) is 0 Å². The Morgan fingerprint density at radius 1 is 1.32 bits per heavy atom. The fourth-order valence-electron chi connectivity index (χ4n) is 2.31. The summed E-state index contributed by atoms with van der Waals surface area (Å²) in [5.74, 6) is 0. The second-order valence-electron chi connectivity index (χ2n) is 4.91. The third-order valence-corrected chi connectivity index (χ3v) is 4.44. The van der Waals surface area contributed by atoms with Crippen LogP contribution in [0.3, 0.4) is 0 Å². The fraction of sp³-hybridized carbons (Fsp3) is 0.909. The zero-order valence-corrected chi connectivity index (χ0v) is 12.1. The summed E-state index contributed by atoms with van der Waals surface area (Å²) in [5.41, 5.74) is 5.58. The molecule has 19 heavy (non-hydrogen) atoms. The van der Waals surface area contributed by atoms with E-state index in [1.807, 2.05) is 0 Å². The van der Waals surface area contributed by atoms with Gasteiger partial charge in [-0.05, 0) is 31.7 Å². The molecule has 8 heteroatoms. The molecule has 0 spiro atoms. The van der Waals surface area contributed by atoms with Crippen molar-refractivity contribution in [3.05, 3.63) is 0 Å². The topological polar surface area (TPSA) is 111 Å². The standard InChI is InChI=1S/C11H23N3O4S/c1-2-18-10(15)14-19(16,17)13-9-11(8-12)6-4-3-5-7-11/h13H,2-9,12H2,1H3,(H,14,15). The molecule has 1 saturated carbocycles. The summed E-state index contributed by atoms with van der Waals surface area (Å²) < 4.78 is 32.0. The number of nitrogens with two attached hydrogens (primary N) is 1. The third-order valence-electron chi connectivity index (χ3n) is 3.48. The molecule has 1 rings (SSSR count).